The summed E-state index contributed by atoms with van der Waals surface area (Å²) in [5, 5.41) is 3.49. The first-order valence-electron chi connectivity index (χ1n) is 6.82. The number of hydrogen-bond donors (Lipinski definition) is 1. The van der Waals surface area contributed by atoms with Gasteiger partial charge in [-0.3, -0.25) is 4.79 Å². The van der Waals surface area contributed by atoms with Crippen LogP contribution in [0.15, 0.2) is 36.4 Å². The second kappa shape index (κ2) is 6.04. The van der Waals surface area contributed by atoms with Gasteiger partial charge in [-0.15, -0.1) is 0 Å². The summed E-state index contributed by atoms with van der Waals surface area (Å²) in [5.74, 6) is -0.161. The van der Waals surface area contributed by atoms with E-state index < -0.39 is 0 Å². The molecule has 3 nitrogen and oxygen atoms in total. The Bertz CT molecular complexity index is 667. The molecule has 21 heavy (non-hydrogen) atoms. The Morgan fingerprint density at radius 3 is 2.52 bits per heavy atom. The van der Waals surface area contributed by atoms with Gasteiger partial charge < -0.3 is 5.32 Å². The molecule has 1 heterocycles. The van der Waals surface area contributed by atoms with E-state index in [2.05, 4.69) is 28.5 Å². The first-order valence-corrected chi connectivity index (χ1v) is 7.58. The minimum absolute atomic E-state index is 0.137. The number of rotatable bonds is 2. The van der Waals surface area contributed by atoms with E-state index >= 15 is 0 Å². The van der Waals surface area contributed by atoms with Crippen molar-refractivity contribution in [3.8, 4) is 0 Å². The van der Waals surface area contributed by atoms with Crippen LogP contribution in [0.3, 0.4) is 0 Å². The third kappa shape index (κ3) is 3.36. The Morgan fingerprint density at radius 2 is 1.81 bits per heavy atom. The van der Waals surface area contributed by atoms with Crippen molar-refractivity contribution in [3.05, 3.63) is 63.4 Å². The van der Waals surface area contributed by atoms with Crippen LogP contribution in [0.5, 0.6) is 0 Å². The van der Waals surface area contributed by atoms with Crippen molar-refractivity contribution < 1.29 is 4.79 Å². The molecule has 108 valence electrons. The van der Waals surface area contributed by atoms with Crippen LogP contribution in [0.1, 0.15) is 27.9 Å². The monoisotopic (exact) mass is 320 g/mol. The van der Waals surface area contributed by atoms with Gasteiger partial charge in [0, 0.05) is 11.6 Å². The number of carbonyl (C=O) groups is 1. The van der Waals surface area contributed by atoms with Gasteiger partial charge in [0.1, 0.15) is 10.3 Å². The van der Waals surface area contributed by atoms with E-state index in [1.807, 2.05) is 6.07 Å². The topological polar surface area (TPSA) is 42.0 Å². The highest BCUT2D eigenvalue weighted by atomic mass is 35.5. The van der Waals surface area contributed by atoms with Gasteiger partial charge in [-0.2, -0.15) is 0 Å². The molecular formula is C16H14Cl2N2O. The lowest BCUT2D eigenvalue weighted by Crippen LogP contribution is -2.38. The number of nitrogens with one attached hydrogen (secondary N) is 1. The van der Waals surface area contributed by atoms with Gasteiger partial charge in [0.15, 0.2) is 0 Å². The van der Waals surface area contributed by atoms with Crippen LogP contribution in [-0.4, -0.2) is 16.9 Å². The first-order chi connectivity index (χ1) is 10.1. The molecule has 1 N–H and O–H groups in total. The molecule has 1 aliphatic rings. The molecule has 1 aromatic heterocycles. The van der Waals surface area contributed by atoms with Crippen LogP contribution in [0.4, 0.5) is 0 Å². The van der Waals surface area contributed by atoms with Gasteiger partial charge in [-0.1, -0.05) is 47.5 Å². The first kappa shape index (κ1) is 14.4. The van der Waals surface area contributed by atoms with Gasteiger partial charge >= 0.3 is 0 Å². The number of benzene rings is 1. The summed E-state index contributed by atoms with van der Waals surface area (Å²) in [7, 11) is 0. The van der Waals surface area contributed by atoms with Gasteiger partial charge in [-0.05, 0) is 42.5 Å². The van der Waals surface area contributed by atoms with Crippen LogP contribution in [0.2, 0.25) is 10.3 Å². The Balaban J connectivity index is 1.71. The minimum Gasteiger partial charge on any atom is -0.349 e. The molecule has 0 fully saturated rings. The molecule has 0 saturated heterocycles. The van der Waals surface area contributed by atoms with Gasteiger partial charge in [-0.25, -0.2) is 4.98 Å². The number of carbonyl (C=O) groups excluding carboxylic acids is 1. The summed E-state index contributed by atoms with van der Waals surface area (Å²) in [4.78, 5) is 16.1. The minimum atomic E-state index is -0.161. The number of hydrogen-bond acceptors (Lipinski definition) is 2. The molecule has 2 aromatic rings. The molecule has 0 spiro atoms. The number of fused-ring (bicyclic) bond motifs is 1. The van der Waals surface area contributed by atoms with Crippen LogP contribution in [-0.2, 0) is 12.8 Å². The van der Waals surface area contributed by atoms with Crippen molar-refractivity contribution in [2.75, 3.05) is 0 Å². The molecule has 5 heteroatoms. The van der Waals surface area contributed by atoms with Crippen molar-refractivity contribution in [1.82, 2.24) is 10.3 Å². The van der Waals surface area contributed by atoms with Crippen LogP contribution in [0, 0.1) is 0 Å². The van der Waals surface area contributed by atoms with Crippen molar-refractivity contribution in [2.24, 2.45) is 0 Å². The zero-order valence-electron chi connectivity index (χ0n) is 11.3. The van der Waals surface area contributed by atoms with Crippen LogP contribution in [0.25, 0.3) is 0 Å². The summed E-state index contributed by atoms with van der Waals surface area (Å²) in [6.07, 6.45) is 2.78. The van der Waals surface area contributed by atoms with E-state index in [0.29, 0.717) is 5.56 Å². The molecule has 1 aromatic carbocycles. The van der Waals surface area contributed by atoms with Gasteiger partial charge in [0.25, 0.3) is 5.91 Å². The van der Waals surface area contributed by atoms with Crippen molar-refractivity contribution in [3.63, 3.8) is 0 Å². The van der Waals surface area contributed by atoms with Gasteiger partial charge in [0.05, 0.1) is 0 Å². The summed E-state index contributed by atoms with van der Waals surface area (Å²) in [6, 6.07) is 11.5. The lowest BCUT2D eigenvalue weighted by atomic mass is 9.88. The molecule has 1 aliphatic carbocycles. The number of pyridine rings is 1. The highest BCUT2D eigenvalue weighted by Crippen LogP contribution is 2.22. The van der Waals surface area contributed by atoms with Crippen molar-refractivity contribution in [1.29, 1.82) is 0 Å². The maximum atomic E-state index is 12.3. The smallest absolute Gasteiger partial charge is 0.251 e. The summed E-state index contributed by atoms with van der Waals surface area (Å²) < 4.78 is 0. The fourth-order valence-corrected chi connectivity index (χ4v) is 3.15. The third-order valence-corrected chi connectivity index (χ3v) is 4.09. The number of nitrogens with zero attached hydrogens (tertiary/aromatic N) is 1. The van der Waals surface area contributed by atoms with E-state index in [4.69, 9.17) is 23.2 Å². The molecule has 0 radical (unpaired) electrons. The lowest BCUT2D eigenvalue weighted by molar-refractivity contribution is 0.0933. The molecule has 1 atom stereocenters. The largest absolute Gasteiger partial charge is 0.349 e. The fraction of sp³-hybridized carbons (Fsp3) is 0.250. The zero-order valence-corrected chi connectivity index (χ0v) is 12.8. The van der Waals surface area contributed by atoms with E-state index in [-0.39, 0.29) is 22.3 Å². The Hall–Kier alpha value is -1.58. The number of halogens is 2. The van der Waals surface area contributed by atoms with E-state index in [9.17, 15) is 4.79 Å². The van der Waals surface area contributed by atoms with Crippen LogP contribution >= 0.6 is 23.2 Å². The molecule has 1 unspecified atom stereocenters. The van der Waals surface area contributed by atoms with E-state index in [1.165, 1.54) is 23.3 Å². The van der Waals surface area contributed by atoms with Crippen molar-refractivity contribution >= 4 is 29.1 Å². The van der Waals surface area contributed by atoms with Gasteiger partial charge in [0.2, 0.25) is 0 Å². The Labute approximate surface area is 133 Å². The molecule has 1 amide bonds. The second-order valence-corrected chi connectivity index (χ2v) is 5.96. The number of amides is 1. The lowest BCUT2D eigenvalue weighted by Gasteiger charge is -2.25. The normalized spacial score (nSPS) is 17.1. The molecule has 0 aliphatic heterocycles. The predicted octanol–water partition coefficient (Wildman–Crippen LogP) is 3.68. The second-order valence-electron chi connectivity index (χ2n) is 5.18. The standard InChI is InChI=1S/C16H14Cl2N2O/c17-14-8-12(9-15(18)20-14)16(21)19-13-6-5-10-3-1-2-4-11(10)7-13/h1-4,8-9,13H,5-7H2,(H,19,21). The molecular weight excluding hydrogens is 307 g/mol. The Morgan fingerprint density at radius 1 is 1.14 bits per heavy atom. The summed E-state index contributed by atoms with van der Waals surface area (Å²) in [5.41, 5.74) is 3.12. The Kier molecular flexibility index (Phi) is 4.13. The molecule has 0 bridgehead atoms. The van der Waals surface area contributed by atoms with Crippen molar-refractivity contribution in [2.45, 2.75) is 25.3 Å². The average Bonchev–Trinajstić information content (AvgIpc) is 2.46. The quantitative estimate of drug-likeness (QED) is 0.858. The average molecular weight is 321 g/mol. The summed E-state index contributed by atoms with van der Waals surface area (Å²) >= 11 is 11.7. The van der Waals surface area contributed by atoms with E-state index in [1.54, 1.807) is 0 Å². The highest BCUT2D eigenvalue weighted by Gasteiger charge is 2.20. The summed E-state index contributed by atoms with van der Waals surface area (Å²) in [6.45, 7) is 0. The van der Waals surface area contributed by atoms with Crippen LogP contribution < -0.4 is 5.32 Å². The fourth-order valence-electron chi connectivity index (χ4n) is 2.69. The highest BCUT2D eigenvalue weighted by molar-refractivity contribution is 6.33. The number of aromatic nitrogens is 1. The molecule has 3 rings (SSSR count). The molecule has 0 saturated carbocycles. The van der Waals surface area contributed by atoms with E-state index in [0.717, 1.165) is 19.3 Å². The maximum Gasteiger partial charge on any atom is 0.251 e. The SMILES string of the molecule is O=C(NC1CCc2ccccc2C1)c1cc(Cl)nc(Cl)c1. The zero-order chi connectivity index (χ0) is 14.8. The maximum absolute atomic E-state index is 12.3. The predicted molar refractivity (Wildman–Crippen MR) is 84.0 cm³/mol. The number of aryl methyl sites for hydroxylation is 1. The third-order valence-electron chi connectivity index (χ3n) is 3.71.